The molecule has 9 heteroatoms. The van der Waals surface area contributed by atoms with Crippen LogP contribution in [-0.4, -0.2) is 45.4 Å². The molecule has 0 bridgehead atoms. The smallest absolute Gasteiger partial charge is 0.161 e. The van der Waals surface area contributed by atoms with Crippen molar-refractivity contribution in [3.05, 3.63) is 106 Å². The highest BCUT2D eigenvalue weighted by Crippen LogP contribution is 2.23. The van der Waals surface area contributed by atoms with Gasteiger partial charge in [0.25, 0.3) is 0 Å². The van der Waals surface area contributed by atoms with Gasteiger partial charge in [0, 0.05) is 17.4 Å². The van der Waals surface area contributed by atoms with Gasteiger partial charge in [-0.1, -0.05) is 72.6 Å². The summed E-state index contributed by atoms with van der Waals surface area (Å²) in [4.78, 5) is 22.2. The number of hydrogen-bond acceptors (Lipinski definition) is 8. The van der Waals surface area contributed by atoms with Crippen molar-refractivity contribution in [3.8, 4) is 0 Å². The number of aldehydes is 1. The number of halogens is 1. The molecule has 220 valence electrons. The first-order chi connectivity index (χ1) is 20.1. The van der Waals surface area contributed by atoms with Crippen molar-refractivity contribution < 1.29 is 9.59 Å². The van der Waals surface area contributed by atoms with Gasteiger partial charge < -0.3 is 26.5 Å². The quantitative estimate of drug-likeness (QED) is 0.140. The second kappa shape index (κ2) is 22.2. The van der Waals surface area contributed by atoms with Crippen LogP contribution in [0, 0.1) is 0 Å². The van der Waals surface area contributed by atoms with Crippen LogP contribution in [0.3, 0.4) is 0 Å². The third kappa shape index (κ3) is 13.1. The maximum atomic E-state index is 9.84. The van der Waals surface area contributed by atoms with Crippen molar-refractivity contribution >= 4 is 52.5 Å². The molecule has 1 aromatic heterocycles. The molecule has 0 radical (unpaired) electrons. The Morgan fingerprint density at radius 2 is 1.68 bits per heavy atom. The van der Waals surface area contributed by atoms with Gasteiger partial charge in [-0.2, -0.15) is 0 Å². The van der Waals surface area contributed by atoms with E-state index in [0.717, 1.165) is 24.2 Å². The summed E-state index contributed by atoms with van der Waals surface area (Å²) < 4.78 is 0. The number of nitrogens with zero attached hydrogens (tertiary/aromatic N) is 1. The first-order valence-electron chi connectivity index (χ1n) is 13.4. The van der Waals surface area contributed by atoms with Crippen LogP contribution in [0.15, 0.2) is 84.6 Å². The van der Waals surface area contributed by atoms with Gasteiger partial charge in [-0.15, -0.1) is 11.3 Å². The fourth-order valence-electron chi connectivity index (χ4n) is 3.96. The third-order valence-corrected chi connectivity index (χ3v) is 6.85. The molecule has 0 saturated carbocycles. The minimum Gasteiger partial charge on any atom is -0.370 e. The monoisotopic (exact) mass is 595 g/mol. The van der Waals surface area contributed by atoms with E-state index in [1.807, 2.05) is 33.0 Å². The summed E-state index contributed by atoms with van der Waals surface area (Å²) in [5.41, 5.74) is 9.81. The summed E-state index contributed by atoms with van der Waals surface area (Å²) in [7, 11) is 5.25. The molecule has 0 amide bonds. The minimum absolute atomic E-state index is 0.326. The molecular weight excluding hydrogens is 554 g/mol. The molecule has 0 spiro atoms. The number of rotatable bonds is 8. The fraction of sp³-hybridized carbons (Fsp3) is 0.281. The summed E-state index contributed by atoms with van der Waals surface area (Å²) in [6.45, 7) is 2.00. The molecule has 7 nitrogen and oxygen atoms in total. The SMILES string of the molecule is C=O.CN.CNC.Clc1ccccc1CCCCCC1NC=C(c2ccc3ccccc3c2)N1.O=Cc1cncs1. The second-order valence-corrected chi connectivity index (χ2v) is 10.0. The molecule has 0 fully saturated rings. The molecule has 5 N–H and O–H groups in total. The van der Waals surface area contributed by atoms with Gasteiger partial charge in [0.15, 0.2) is 6.29 Å². The van der Waals surface area contributed by atoms with Gasteiger partial charge in [0.2, 0.25) is 0 Å². The standard InChI is InChI=1S/C24H25ClN2.C4H3NOS.C2H7N.CH5N.CH2O/c25-22-12-7-6-10-19(22)9-2-1-3-13-24-26-17-23(27-24)21-15-14-18-8-4-5-11-20(18)16-21;6-2-4-1-5-3-7-4;1-3-2;2*1-2/h4-8,10-12,14-17,24,26-27H,1-3,9,13H2;1-3H;3H,1-2H3;2H2,1H3;1H2. The van der Waals surface area contributed by atoms with Crippen LogP contribution >= 0.6 is 22.9 Å². The Morgan fingerprint density at radius 1 is 1.00 bits per heavy atom. The molecule has 1 aliphatic rings. The average Bonchev–Trinajstić information content (AvgIpc) is 3.73. The van der Waals surface area contributed by atoms with Crippen LogP contribution < -0.4 is 21.7 Å². The third-order valence-electron chi connectivity index (χ3n) is 5.78. The lowest BCUT2D eigenvalue weighted by atomic mass is 10.0. The number of carbonyl (C=O) groups excluding carboxylic acids is 2. The Labute approximate surface area is 253 Å². The first kappa shape index (κ1) is 35.5. The van der Waals surface area contributed by atoms with E-state index in [4.69, 9.17) is 16.4 Å². The number of aromatic nitrogens is 1. The second-order valence-electron chi connectivity index (χ2n) is 8.70. The summed E-state index contributed by atoms with van der Waals surface area (Å²) in [5, 5.41) is 13.3. The zero-order chi connectivity index (χ0) is 30.3. The van der Waals surface area contributed by atoms with Crippen molar-refractivity contribution in [1.82, 2.24) is 20.9 Å². The van der Waals surface area contributed by atoms with E-state index < -0.39 is 0 Å². The summed E-state index contributed by atoms with van der Waals surface area (Å²) in [6, 6.07) is 23.3. The lowest BCUT2D eigenvalue weighted by Crippen LogP contribution is -2.31. The Balaban J connectivity index is 0.000000503. The van der Waals surface area contributed by atoms with Gasteiger partial charge in [0.05, 0.1) is 22.3 Å². The summed E-state index contributed by atoms with van der Waals surface area (Å²) >= 11 is 7.57. The van der Waals surface area contributed by atoms with E-state index in [2.05, 4.69) is 87.5 Å². The van der Waals surface area contributed by atoms with Crippen LogP contribution in [0.25, 0.3) is 16.5 Å². The largest absolute Gasteiger partial charge is 0.370 e. The topological polar surface area (TPSA) is 109 Å². The number of thiazole rings is 1. The number of aryl methyl sites for hydroxylation is 1. The highest BCUT2D eigenvalue weighted by molar-refractivity contribution is 7.11. The molecule has 1 atom stereocenters. The average molecular weight is 596 g/mol. The highest BCUT2D eigenvalue weighted by Gasteiger charge is 2.15. The Kier molecular flexibility index (Phi) is 19.2. The molecular formula is C32H42ClN5O2S. The molecule has 3 aromatic carbocycles. The first-order valence-corrected chi connectivity index (χ1v) is 14.6. The Hall–Kier alpha value is -3.56. The van der Waals surface area contributed by atoms with Crippen molar-refractivity contribution in [2.45, 2.75) is 38.3 Å². The Morgan fingerprint density at radius 3 is 2.32 bits per heavy atom. The van der Waals surface area contributed by atoms with Gasteiger partial charge >= 0.3 is 0 Å². The highest BCUT2D eigenvalue weighted by atomic mass is 35.5. The maximum absolute atomic E-state index is 9.84. The Bertz CT molecular complexity index is 1280. The number of fused-ring (bicyclic) bond motifs is 1. The van der Waals surface area contributed by atoms with Crippen LogP contribution in [0.1, 0.15) is 46.5 Å². The van der Waals surface area contributed by atoms with Crippen molar-refractivity contribution in [2.75, 3.05) is 21.1 Å². The molecule has 1 aliphatic heterocycles. The van der Waals surface area contributed by atoms with E-state index in [9.17, 15) is 4.79 Å². The molecule has 2 heterocycles. The van der Waals surface area contributed by atoms with Gasteiger partial charge in [-0.05, 0) is 80.9 Å². The molecule has 5 rings (SSSR count). The predicted molar refractivity (Wildman–Crippen MR) is 175 cm³/mol. The van der Waals surface area contributed by atoms with Gasteiger partial charge in [-0.3, -0.25) is 9.78 Å². The normalized spacial score (nSPS) is 12.7. The van der Waals surface area contributed by atoms with Crippen molar-refractivity contribution in [2.24, 2.45) is 5.73 Å². The number of nitrogens with two attached hydrogens (primary N) is 1. The zero-order valence-corrected chi connectivity index (χ0v) is 25.7. The van der Waals surface area contributed by atoms with Crippen molar-refractivity contribution in [3.63, 3.8) is 0 Å². The van der Waals surface area contributed by atoms with Gasteiger partial charge in [0.1, 0.15) is 6.79 Å². The molecule has 0 saturated heterocycles. The lowest BCUT2D eigenvalue weighted by Gasteiger charge is -2.14. The molecule has 4 aromatic rings. The molecule has 0 aliphatic carbocycles. The maximum Gasteiger partial charge on any atom is 0.161 e. The zero-order valence-electron chi connectivity index (χ0n) is 24.1. The molecule has 1 unspecified atom stereocenters. The number of carbonyl (C=O) groups is 2. The number of nitrogens with one attached hydrogen (secondary N) is 3. The van der Waals surface area contributed by atoms with E-state index >= 15 is 0 Å². The van der Waals surface area contributed by atoms with Crippen LogP contribution in [0.2, 0.25) is 5.02 Å². The fourth-order valence-corrected chi connectivity index (χ4v) is 4.61. The number of benzene rings is 3. The van der Waals surface area contributed by atoms with E-state index in [1.165, 1.54) is 71.4 Å². The van der Waals surface area contributed by atoms with Crippen LogP contribution in [0.4, 0.5) is 0 Å². The summed E-state index contributed by atoms with van der Waals surface area (Å²) in [6.07, 6.45) is 10.5. The van der Waals surface area contributed by atoms with E-state index in [1.54, 1.807) is 5.51 Å². The van der Waals surface area contributed by atoms with E-state index in [-0.39, 0.29) is 0 Å². The number of hydrogen-bond donors (Lipinski definition) is 4. The van der Waals surface area contributed by atoms with Crippen molar-refractivity contribution in [1.29, 1.82) is 0 Å². The van der Waals surface area contributed by atoms with Gasteiger partial charge in [-0.25, -0.2) is 0 Å². The number of unbranched alkanes of at least 4 members (excludes halogenated alkanes) is 2. The van der Waals surface area contributed by atoms with Crippen LogP contribution in [-0.2, 0) is 11.2 Å². The lowest BCUT2D eigenvalue weighted by molar-refractivity contribution is -0.0980. The van der Waals surface area contributed by atoms with Crippen LogP contribution in [0.5, 0.6) is 0 Å². The minimum atomic E-state index is 0.326. The predicted octanol–water partition coefficient (Wildman–Crippen LogP) is 6.29. The summed E-state index contributed by atoms with van der Waals surface area (Å²) in [5.74, 6) is 0. The molecule has 41 heavy (non-hydrogen) atoms. The van der Waals surface area contributed by atoms with E-state index in [0.29, 0.717) is 11.0 Å².